The third-order valence-corrected chi connectivity index (χ3v) is 12.5. The average molecular weight is 716 g/mol. The highest BCUT2D eigenvalue weighted by Gasteiger charge is 2.43. The first-order valence-electron chi connectivity index (χ1n) is 18.1. The van der Waals surface area contributed by atoms with E-state index in [0.717, 1.165) is 65.6 Å². The molecule has 268 valence electrons. The van der Waals surface area contributed by atoms with Crippen LogP contribution in [0, 0.1) is 5.41 Å². The first-order valence-corrected chi connectivity index (χ1v) is 19.6. The Bertz CT molecular complexity index is 2130. The van der Waals surface area contributed by atoms with Gasteiger partial charge in [0.15, 0.2) is 9.92 Å². The lowest BCUT2D eigenvalue weighted by Crippen LogP contribution is -2.48. The minimum Gasteiger partial charge on any atom is -0.476 e. The van der Waals surface area contributed by atoms with Gasteiger partial charge in [0.1, 0.15) is 10.4 Å². The van der Waals surface area contributed by atoms with Crippen LogP contribution < -0.4 is 14.8 Å². The van der Waals surface area contributed by atoms with E-state index in [-0.39, 0.29) is 16.2 Å². The van der Waals surface area contributed by atoms with Crippen LogP contribution in [-0.4, -0.2) is 40.3 Å². The van der Waals surface area contributed by atoms with Crippen molar-refractivity contribution in [2.75, 3.05) is 25.6 Å². The van der Waals surface area contributed by atoms with E-state index in [9.17, 15) is 4.79 Å². The van der Waals surface area contributed by atoms with Crippen LogP contribution in [0.15, 0.2) is 113 Å². The predicted molar refractivity (Wildman–Crippen MR) is 203 cm³/mol. The van der Waals surface area contributed by atoms with Gasteiger partial charge in [0, 0.05) is 24.1 Å². The predicted octanol–water partition coefficient (Wildman–Crippen LogP) is 8.02. The van der Waals surface area contributed by atoms with Crippen LogP contribution in [0.25, 0.3) is 0 Å². The molecule has 0 saturated heterocycles. The summed E-state index contributed by atoms with van der Waals surface area (Å²) in [6, 6.07) is 31.3. The van der Waals surface area contributed by atoms with E-state index in [1.165, 1.54) is 11.1 Å². The molecule has 2 unspecified atom stereocenters. The Kier molecular flexibility index (Phi) is 9.01. The molecule has 0 fully saturated rings. The summed E-state index contributed by atoms with van der Waals surface area (Å²) in [5, 5.41) is 7.85. The highest BCUT2D eigenvalue weighted by molar-refractivity contribution is 7.92. The van der Waals surface area contributed by atoms with Gasteiger partial charge in [0.2, 0.25) is 5.88 Å². The number of carbonyl (C=O) groups is 1. The van der Waals surface area contributed by atoms with Crippen molar-refractivity contribution in [2.24, 2.45) is 9.78 Å². The fraction of sp³-hybridized carbons (Fsp3) is 0.333. The molecule has 0 radical (unpaired) electrons. The molecule has 10 heteroatoms. The minimum absolute atomic E-state index is 0.157. The monoisotopic (exact) mass is 715 g/mol. The van der Waals surface area contributed by atoms with Crippen LogP contribution in [0.3, 0.4) is 0 Å². The van der Waals surface area contributed by atoms with E-state index in [4.69, 9.17) is 9.47 Å². The lowest BCUT2D eigenvalue weighted by Gasteiger charge is -2.38. The lowest BCUT2D eigenvalue weighted by molar-refractivity contribution is 0.0971. The zero-order valence-corrected chi connectivity index (χ0v) is 30.7. The summed E-state index contributed by atoms with van der Waals surface area (Å²) < 4.78 is 38.1. The van der Waals surface area contributed by atoms with Gasteiger partial charge in [0.25, 0.3) is 0 Å². The molecule has 0 saturated carbocycles. The number of nitrogens with one attached hydrogen (secondary N) is 2. The number of methoxy groups -OCH3 is 1. The highest BCUT2D eigenvalue weighted by atomic mass is 32.2. The lowest BCUT2D eigenvalue weighted by atomic mass is 9.78. The van der Waals surface area contributed by atoms with Gasteiger partial charge in [-0.2, -0.15) is 5.10 Å². The van der Waals surface area contributed by atoms with Crippen LogP contribution in [0.4, 0.5) is 10.5 Å². The quantitative estimate of drug-likeness (QED) is 0.150. The van der Waals surface area contributed by atoms with Gasteiger partial charge in [-0.25, -0.2) is 18.4 Å². The second kappa shape index (κ2) is 13.7. The molecule has 0 bridgehead atoms. The zero-order chi connectivity index (χ0) is 35.9. The van der Waals surface area contributed by atoms with E-state index >= 15 is 4.21 Å². The minimum atomic E-state index is -3.85. The Morgan fingerprint density at radius 2 is 1.60 bits per heavy atom. The van der Waals surface area contributed by atoms with Crippen molar-refractivity contribution >= 4 is 21.6 Å². The molecule has 0 spiro atoms. The van der Waals surface area contributed by atoms with Gasteiger partial charge in [-0.15, -0.1) is 4.36 Å². The number of hydrogen-bond donors (Lipinski definition) is 2. The molecule has 8 rings (SSSR count). The molecular formula is C42H45N5O4S. The number of aromatic nitrogens is 2. The number of benzene rings is 4. The maximum absolute atomic E-state index is 16.2. The number of nitrogens with zero attached hydrogens (tertiary/aromatic N) is 3. The number of rotatable bonds is 9. The molecule has 4 aromatic carbocycles. The first-order chi connectivity index (χ1) is 25.2. The highest BCUT2D eigenvalue weighted by Crippen LogP contribution is 2.45. The first kappa shape index (κ1) is 34.3. The fourth-order valence-electron chi connectivity index (χ4n) is 8.32. The fourth-order valence-corrected chi connectivity index (χ4v) is 10.2. The summed E-state index contributed by atoms with van der Waals surface area (Å²) in [5.74, 6) is 0.503. The second-order valence-electron chi connectivity index (χ2n) is 14.9. The van der Waals surface area contributed by atoms with Crippen molar-refractivity contribution in [1.29, 1.82) is 0 Å². The summed E-state index contributed by atoms with van der Waals surface area (Å²) in [5.41, 5.74) is 6.69. The van der Waals surface area contributed by atoms with E-state index in [2.05, 4.69) is 39.4 Å². The van der Waals surface area contributed by atoms with Crippen LogP contribution in [-0.2, 0) is 46.0 Å². The summed E-state index contributed by atoms with van der Waals surface area (Å²) in [4.78, 5) is 14.8. The van der Waals surface area contributed by atoms with E-state index in [1.54, 1.807) is 18.0 Å². The van der Waals surface area contributed by atoms with Crippen LogP contribution in [0.5, 0.6) is 5.88 Å². The number of hydrogen-bond acceptors (Lipinski definition) is 5. The van der Waals surface area contributed by atoms with Crippen LogP contribution in [0.2, 0.25) is 0 Å². The molecule has 9 nitrogen and oxygen atoms in total. The summed E-state index contributed by atoms with van der Waals surface area (Å²) in [6.45, 7) is 5.73. The summed E-state index contributed by atoms with van der Waals surface area (Å²) >= 11 is 0. The summed E-state index contributed by atoms with van der Waals surface area (Å²) in [7, 11) is -2.13. The Labute approximate surface area is 306 Å². The molecule has 3 aliphatic rings. The number of anilines is 1. The normalized spacial score (nSPS) is 18.4. The molecule has 52 heavy (non-hydrogen) atoms. The number of fused-ring (bicyclic) bond motifs is 3. The third-order valence-electron chi connectivity index (χ3n) is 10.7. The molecule has 2 aliphatic carbocycles. The van der Waals surface area contributed by atoms with Crippen LogP contribution in [0.1, 0.15) is 71.6 Å². The van der Waals surface area contributed by atoms with E-state index in [0.29, 0.717) is 25.6 Å². The molecule has 2 heterocycles. The molecule has 1 aliphatic heterocycles. The van der Waals surface area contributed by atoms with Crippen LogP contribution >= 0.6 is 0 Å². The van der Waals surface area contributed by atoms with Gasteiger partial charge in [-0.05, 0) is 71.0 Å². The molecular weight excluding hydrogens is 671 g/mol. The van der Waals surface area contributed by atoms with E-state index in [1.807, 2.05) is 91.0 Å². The molecule has 5 aromatic rings. The van der Waals surface area contributed by atoms with Crippen molar-refractivity contribution in [1.82, 2.24) is 14.5 Å². The van der Waals surface area contributed by atoms with Gasteiger partial charge < -0.3 is 14.8 Å². The van der Waals surface area contributed by atoms with E-state index < -0.39 is 21.5 Å². The zero-order valence-electron chi connectivity index (χ0n) is 29.9. The molecule has 2 N–H and O–H groups in total. The maximum atomic E-state index is 16.2. The number of carbonyl (C=O) groups excluding carboxylic acids is 1. The number of ether oxygens (including phenoxy) is 2. The summed E-state index contributed by atoms with van der Waals surface area (Å²) in [6.07, 6.45) is 6.29. The van der Waals surface area contributed by atoms with Gasteiger partial charge in [-0.1, -0.05) is 111 Å². The smallest absolute Gasteiger partial charge is 0.354 e. The largest absolute Gasteiger partial charge is 0.476 e. The Balaban J connectivity index is 1.33. The number of amides is 2. The Morgan fingerprint density at radius 1 is 0.962 bits per heavy atom. The average Bonchev–Trinajstić information content (AvgIpc) is 3.90. The topological polar surface area (TPSA) is 107 Å². The Morgan fingerprint density at radius 3 is 2.21 bits per heavy atom. The van der Waals surface area contributed by atoms with Crippen molar-refractivity contribution in [3.05, 3.63) is 142 Å². The van der Waals surface area contributed by atoms with Crippen molar-refractivity contribution < 1.29 is 18.5 Å². The van der Waals surface area contributed by atoms with Crippen molar-refractivity contribution in [3.8, 4) is 5.88 Å². The molecule has 2 atom stereocenters. The number of urea groups is 1. The van der Waals surface area contributed by atoms with Crippen molar-refractivity contribution in [2.45, 2.75) is 68.8 Å². The SMILES string of the molecule is COCC1CCc2cc3c(c(NC(=O)N=S(=O)(NC(c4ccccc4)(c4ccccc4)c4ccccc4)c4cnn5c4OCC(C)(C)C5)c21)CCC3. The van der Waals surface area contributed by atoms with Gasteiger partial charge >= 0.3 is 6.03 Å². The number of aryl methyl sites for hydroxylation is 2. The van der Waals surface area contributed by atoms with Gasteiger partial charge in [0.05, 0.1) is 26.0 Å². The second-order valence-corrected chi connectivity index (χ2v) is 16.8. The van der Waals surface area contributed by atoms with Gasteiger partial charge in [-0.3, -0.25) is 0 Å². The standard InChI is InChI=1S/C42H45N5O4S/c1-41(2)27-47-39(51-28-41)36(25-43-47)52(49,45-40(48)44-38-35-21-13-14-29(35)24-30-22-23-31(26-50-3)37(30)38)46-42(32-15-7-4-8-16-32,33-17-9-5-10-18-33)34-19-11-6-12-20-34/h4-12,15-20,24-25,31H,13-14,21-23,26-28H2,1-3H3,(H2,44,45,46,48,49). The molecule has 2 amide bonds. The third kappa shape index (κ3) is 6.12. The maximum Gasteiger partial charge on any atom is 0.354 e. The van der Waals surface area contributed by atoms with Crippen molar-refractivity contribution in [3.63, 3.8) is 0 Å². The molecule has 1 aromatic heterocycles. The Hall–Kier alpha value is -4.77.